The molecule has 10 aromatic carbocycles. The third-order valence-corrected chi connectivity index (χ3v) is 13.7. The van der Waals surface area contributed by atoms with Gasteiger partial charge in [-0.05, 0) is 119 Å². The Morgan fingerprint density at radius 3 is 0.939 bits per heavy atom. The highest BCUT2D eigenvalue weighted by Gasteiger charge is 2.22. The van der Waals surface area contributed by atoms with E-state index in [0.29, 0.717) is 0 Å². The molecule has 0 saturated carbocycles. The Labute approximate surface area is 386 Å². The Bertz CT molecular complexity index is 3420. The van der Waals surface area contributed by atoms with Gasteiger partial charge in [0.1, 0.15) is 0 Å². The number of aromatic nitrogens is 2. The molecular weight excluding hydrogens is 797 g/mol. The van der Waals surface area contributed by atoms with Crippen molar-refractivity contribution in [2.45, 2.75) is 25.7 Å². The number of benzene rings is 10. The van der Waals surface area contributed by atoms with E-state index in [1.165, 1.54) is 111 Å². The monoisotopic (exact) mass is 844 g/mol. The van der Waals surface area contributed by atoms with Crippen LogP contribution in [0.1, 0.15) is 56.3 Å². The SMILES string of the molecule is Cc1ccc(C(c2ccc(-c3ccc(C(c4ccc(C)cc4)c4ccc5c(c4)c4ccccc4n5-c4ccccc4)cc3)cc2)c2ccc3c(c2)c2ccccc2n3-c2ccccc2)cc1. The van der Waals surface area contributed by atoms with Gasteiger partial charge < -0.3 is 9.13 Å². The molecule has 0 N–H and O–H groups in total. The predicted molar refractivity (Wildman–Crippen MR) is 278 cm³/mol. The predicted octanol–water partition coefficient (Wildman–Crippen LogP) is 16.5. The van der Waals surface area contributed by atoms with Crippen molar-refractivity contribution in [3.8, 4) is 22.5 Å². The second-order valence-electron chi connectivity index (χ2n) is 17.9. The van der Waals surface area contributed by atoms with E-state index in [2.05, 4.69) is 266 Å². The van der Waals surface area contributed by atoms with Crippen LogP contribution < -0.4 is 0 Å². The molecule has 0 bridgehead atoms. The lowest BCUT2D eigenvalue weighted by Gasteiger charge is -2.21. The topological polar surface area (TPSA) is 9.86 Å². The fourth-order valence-electron chi connectivity index (χ4n) is 10.5. The normalized spacial score (nSPS) is 12.6. The zero-order valence-electron chi connectivity index (χ0n) is 37.1. The number of hydrogen-bond donors (Lipinski definition) is 0. The molecule has 2 nitrogen and oxygen atoms in total. The minimum atomic E-state index is 0.0691. The quantitative estimate of drug-likeness (QED) is 0.128. The zero-order valence-corrected chi connectivity index (χ0v) is 37.1. The van der Waals surface area contributed by atoms with Crippen molar-refractivity contribution in [1.82, 2.24) is 9.13 Å². The summed E-state index contributed by atoms with van der Waals surface area (Å²) in [6.07, 6.45) is 0. The molecule has 66 heavy (non-hydrogen) atoms. The summed E-state index contributed by atoms with van der Waals surface area (Å²) in [5.41, 5.74) is 19.8. The van der Waals surface area contributed by atoms with Crippen LogP contribution in [-0.4, -0.2) is 9.13 Å². The lowest BCUT2D eigenvalue weighted by Crippen LogP contribution is -2.04. The van der Waals surface area contributed by atoms with E-state index in [1.54, 1.807) is 0 Å². The van der Waals surface area contributed by atoms with Gasteiger partial charge in [0.15, 0.2) is 0 Å². The van der Waals surface area contributed by atoms with Crippen molar-refractivity contribution < 1.29 is 0 Å². The Morgan fingerprint density at radius 2 is 0.561 bits per heavy atom. The number of hydrogen-bond acceptors (Lipinski definition) is 0. The molecule has 2 aromatic heterocycles. The van der Waals surface area contributed by atoms with E-state index < -0.39 is 0 Å². The molecule has 0 aliphatic carbocycles. The van der Waals surface area contributed by atoms with Crippen LogP contribution in [-0.2, 0) is 0 Å². The third kappa shape index (κ3) is 6.90. The summed E-state index contributed by atoms with van der Waals surface area (Å²) in [6, 6.07) is 89.9. The molecule has 12 aromatic rings. The zero-order chi connectivity index (χ0) is 44.1. The molecule has 0 amide bonds. The highest BCUT2D eigenvalue weighted by Crippen LogP contribution is 2.41. The lowest BCUT2D eigenvalue weighted by atomic mass is 9.83. The summed E-state index contributed by atoms with van der Waals surface area (Å²) in [5, 5.41) is 5.06. The van der Waals surface area contributed by atoms with E-state index in [4.69, 9.17) is 0 Å². The smallest absolute Gasteiger partial charge is 0.0541 e. The fourth-order valence-corrected chi connectivity index (χ4v) is 10.5. The van der Waals surface area contributed by atoms with Crippen LogP contribution in [0, 0.1) is 13.8 Å². The Hall–Kier alpha value is -8.20. The van der Waals surface area contributed by atoms with Gasteiger partial charge >= 0.3 is 0 Å². The van der Waals surface area contributed by atoms with Crippen molar-refractivity contribution in [2.24, 2.45) is 0 Å². The van der Waals surface area contributed by atoms with Crippen LogP contribution in [0.25, 0.3) is 66.1 Å². The largest absolute Gasteiger partial charge is 0.309 e. The number of fused-ring (bicyclic) bond motifs is 6. The Balaban J connectivity index is 0.910. The first-order valence-electron chi connectivity index (χ1n) is 23.1. The van der Waals surface area contributed by atoms with Gasteiger partial charge in [-0.2, -0.15) is 0 Å². The third-order valence-electron chi connectivity index (χ3n) is 13.7. The number of rotatable bonds is 9. The Morgan fingerprint density at radius 1 is 0.258 bits per heavy atom. The minimum Gasteiger partial charge on any atom is -0.309 e. The summed E-state index contributed by atoms with van der Waals surface area (Å²) in [5.74, 6) is 0.138. The van der Waals surface area contributed by atoms with Crippen LogP contribution in [0.5, 0.6) is 0 Å². The van der Waals surface area contributed by atoms with E-state index in [1.807, 2.05) is 0 Å². The lowest BCUT2D eigenvalue weighted by molar-refractivity contribution is 0.977. The first kappa shape index (κ1) is 39.4. The van der Waals surface area contributed by atoms with Gasteiger partial charge in [0, 0.05) is 44.8 Å². The molecule has 2 heteroatoms. The standard InChI is InChI=1S/C64H48N2/c1-43-21-25-47(26-22-43)63(51-37-39-61-57(41-51)55-17-9-11-19-59(55)65(61)53-13-5-3-6-14-53)49-33-29-45(30-34-49)46-31-35-50(36-32-46)64(48-27-23-44(2)24-28-48)52-38-40-62-58(42-52)56-18-10-12-20-60(56)66(62)54-15-7-4-8-16-54/h3-42,63-64H,1-2H3. The second kappa shape index (κ2) is 16.4. The summed E-state index contributed by atoms with van der Waals surface area (Å²) in [7, 11) is 0. The maximum Gasteiger partial charge on any atom is 0.0541 e. The van der Waals surface area contributed by atoms with Gasteiger partial charge in [0.2, 0.25) is 0 Å². The minimum absolute atomic E-state index is 0.0691. The van der Waals surface area contributed by atoms with E-state index in [0.717, 1.165) is 0 Å². The average Bonchev–Trinajstić information content (AvgIpc) is 3.89. The van der Waals surface area contributed by atoms with Gasteiger partial charge in [-0.15, -0.1) is 0 Å². The van der Waals surface area contributed by atoms with Crippen LogP contribution in [0.15, 0.2) is 243 Å². The van der Waals surface area contributed by atoms with Crippen molar-refractivity contribution in [3.05, 3.63) is 287 Å². The Kier molecular flexibility index (Phi) is 9.80. The van der Waals surface area contributed by atoms with Crippen LogP contribution in [0.4, 0.5) is 0 Å². The van der Waals surface area contributed by atoms with Gasteiger partial charge in [-0.1, -0.05) is 193 Å². The van der Waals surface area contributed by atoms with Gasteiger partial charge in [-0.3, -0.25) is 0 Å². The number of aryl methyl sites for hydroxylation is 2. The van der Waals surface area contributed by atoms with E-state index >= 15 is 0 Å². The molecule has 0 saturated heterocycles. The van der Waals surface area contributed by atoms with Crippen LogP contribution in [0.2, 0.25) is 0 Å². The highest BCUT2D eigenvalue weighted by atomic mass is 15.0. The second-order valence-corrected chi connectivity index (χ2v) is 17.9. The van der Waals surface area contributed by atoms with Crippen molar-refractivity contribution in [3.63, 3.8) is 0 Å². The van der Waals surface area contributed by atoms with Crippen molar-refractivity contribution in [2.75, 3.05) is 0 Å². The van der Waals surface area contributed by atoms with Crippen LogP contribution in [0.3, 0.4) is 0 Å². The van der Waals surface area contributed by atoms with Crippen LogP contribution >= 0.6 is 0 Å². The number of nitrogens with zero attached hydrogens (tertiary/aromatic N) is 2. The van der Waals surface area contributed by atoms with E-state index in [-0.39, 0.29) is 11.8 Å². The molecule has 2 atom stereocenters. The van der Waals surface area contributed by atoms with Gasteiger partial charge in [0.05, 0.1) is 22.1 Å². The molecule has 0 radical (unpaired) electrons. The summed E-state index contributed by atoms with van der Waals surface area (Å²) >= 11 is 0. The van der Waals surface area contributed by atoms with Crippen molar-refractivity contribution in [1.29, 1.82) is 0 Å². The first-order valence-corrected chi connectivity index (χ1v) is 23.1. The summed E-state index contributed by atoms with van der Waals surface area (Å²) in [4.78, 5) is 0. The molecule has 0 spiro atoms. The molecule has 314 valence electrons. The van der Waals surface area contributed by atoms with Crippen molar-refractivity contribution >= 4 is 43.6 Å². The molecule has 0 aliphatic heterocycles. The maximum atomic E-state index is 2.43. The molecule has 2 unspecified atom stereocenters. The van der Waals surface area contributed by atoms with Gasteiger partial charge in [0.25, 0.3) is 0 Å². The summed E-state index contributed by atoms with van der Waals surface area (Å²) < 4.78 is 4.78. The molecule has 12 rings (SSSR count). The average molecular weight is 845 g/mol. The highest BCUT2D eigenvalue weighted by molar-refractivity contribution is 6.10. The van der Waals surface area contributed by atoms with Gasteiger partial charge in [-0.25, -0.2) is 0 Å². The maximum absolute atomic E-state index is 2.43. The number of para-hydroxylation sites is 4. The molecular formula is C64H48N2. The first-order chi connectivity index (χ1) is 32.6. The summed E-state index contributed by atoms with van der Waals surface area (Å²) in [6.45, 7) is 4.33. The fraction of sp³-hybridized carbons (Fsp3) is 0.0625. The molecule has 0 aliphatic rings. The molecule has 2 heterocycles. The molecule has 0 fully saturated rings. The van der Waals surface area contributed by atoms with E-state index in [9.17, 15) is 0 Å².